The lowest BCUT2D eigenvalue weighted by Crippen LogP contribution is -2.44. The third-order valence-electron chi connectivity index (χ3n) is 3.81. The number of carbonyl (C=O) groups excluding carboxylic acids is 2. The van der Waals surface area contributed by atoms with Crippen LogP contribution in [0.25, 0.3) is 6.08 Å². The molecule has 1 fully saturated rings. The van der Waals surface area contributed by atoms with Crippen LogP contribution in [0.2, 0.25) is 0 Å². The Morgan fingerprint density at radius 3 is 2.50 bits per heavy atom. The number of hydrazine groups is 1. The van der Waals surface area contributed by atoms with E-state index < -0.39 is 17.8 Å². The van der Waals surface area contributed by atoms with Crippen molar-refractivity contribution in [3.05, 3.63) is 70.1 Å². The number of benzene rings is 2. The minimum Gasteiger partial charge on any atom is -0.496 e. The Kier molecular flexibility index (Phi) is 5.76. The molecule has 1 heterocycles. The summed E-state index contributed by atoms with van der Waals surface area (Å²) in [6.07, 6.45) is 1.58. The monoisotopic (exact) mass is 414 g/mol. The number of hydrogen-bond acceptors (Lipinski definition) is 6. The van der Waals surface area contributed by atoms with Crippen LogP contribution in [0.5, 0.6) is 5.75 Å². The van der Waals surface area contributed by atoms with E-state index in [9.17, 15) is 14.4 Å². The van der Waals surface area contributed by atoms with Crippen LogP contribution >= 0.6 is 24.0 Å². The Bertz CT molecular complexity index is 1000. The molecule has 2 aromatic rings. The molecule has 7 nitrogen and oxygen atoms in total. The van der Waals surface area contributed by atoms with Crippen LogP contribution in [0, 0.1) is 0 Å². The first-order valence-electron chi connectivity index (χ1n) is 7.96. The van der Waals surface area contributed by atoms with Gasteiger partial charge >= 0.3 is 5.97 Å². The zero-order valence-electron chi connectivity index (χ0n) is 14.5. The molecule has 1 saturated heterocycles. The zero-order valence-corrected chi connectivity index (χ0v) is 16.2. The molecule has 2 N–H and O–H groups in total. The van der Waals surface area contributed by atoms with Gasteiger partial charge in [0.15, 0.2) is 4.32 Å². The maximum Gasteiger partial charge on any atom is 0.335 e. The number of aromatic carboxylic acids is 1. The minimum atomic E-state index is -1.03. The van der Waals surface area contributed by atoms with E-state index in [2.05, 4.69) is 5.43 Å². The highest BCUT2D eigenvalue weighted by atomic mass is 32.2. The summed E-state index contributed by atoms with van der Waals surface area (Å²) in [5, 5.41) is 9.95. The largest absolute Gasteiger partial charge is 0.496 e. The second-order valence-electron chi connectivity index (χ2n) is 5.59. The number of rotatable bonds is 5. The van der Waals surface area contributed by atoms with Gasteiger partial charge in [-0.25, -0.2) is 4.79 Å². The molecule has 0 atom stereocenters. The molecular formula is C19H14N2O5S2. The highest BCUT2D eigenvalue weighted by molar-refractivity contribution is 8.26. The van der Waals surface area contributed by atoms with Crippen LogP contribution in [0.3, 0.4) is 0 Å². The molecule has 0 saturated carbocycles. The van der Waals surface area contributed by atoms with Gasteiger partial charge in [-0.05, 0) is 48.1 Å². The number of hydrogen-bond donors (Lipinski definition) is 2. The lowest BCUT2D eigenvalue weighted by atomic mass is 10.1. The molecule has 28 heavy (non-hydrogen) atoms. The molecule has 0 radical (unpaired) electrons. The molecule has 0 aromatic heterocycles. The Morgan fingerprint density at radius 2 is 1.86 bits per heavy atom. The van der Waals surface area contributed by atoms with Crippen LogP contribution < -0.4 is 10.2 Å². The summed E-state index contributed by atoms with van der Waals surface area (Å²) in [4.78, 5) is 36.4. The van der Waals surface area contributed by atoms with Gasteiger partial charge in [-0.15, -0.1) is 0 Å². The lowest BCUT2D eigenvalue weighted by molar-refractivity contribution is -0.123. The van der Waals surface area contributed by atoms with Gasteiger partial charge in [-0.3, -0.25) is 15.0 Å². The molecule has 1 aliphatic heterocycles. The van der Waals surface area contributed by atoms with Gasteiger partial charge in [0.05, 0.1) is 23.1 Å². The number of amides is 2. The van der Waals surface area contributed by atoms with E-state index in [1.165, 1.54) is 19.2 Å². The number of carboxylic acid groups (broad SMARTS) is 1. The van der Waals surface area contributed by atoms with Crippen molar-refractivity contribution >= 4 is 52.2 Å². The molecule has 9 heteroatoms. The summed E-state index contributed by atoms with van der Waals surface area (Å²) in [7, 11) is 1.45. The first-order chi connectivity index (χ1) is 13.4. The zero-order chi connectivity index (χ0) is 20.3. The van der Waals surface area contributed by atoms with Gasteiger partial charge in [0.2, 0.25) is 0 Å². The average molecular weight is 414 g/mol. The fourth-order valence-corrected chi connectivity index (χ4v) is 3.61. The topological polar surface area (TPSA) is 95.9 Å². The SMILES string of the molecule is COc1ccccc1C(=O)NN1C(=O)/C(=C\c2ccc(C(=O)O)cc2)SC1=S. The second kappa shape index (κ2) is 8.24. The maximum atomic E-state index is 12.6. The summed E-state index contributed by atoms with van der Waals surface area (Å²) in [6.45, 7) is 0. The van der Waals surface area contributed by atoms with E-state index in [0.717, 1.165) is 16.8 Å². The van der Waals surface area contributed by atoms with E-state index >= 15 is 0 Å². The fraction of sp³-hybridized carbons (Fsp3) is 0.0526. The Balaban J connectivity index is 1.78. The first-order valence-corrected chi connectivity index (χ1v) is 9.18. The molecule has 0 aliphatic carbocycles. The van der Waals surface area contributed by atoms with Crippen molar-refractivity contribution in [2.45, 2.75) is 0 Å². The van der Waals surface area contributed by atoms with Crippen molar-refractivity contribution < 1.29 is 24.2 Å². The van der Waals surface area contributed by atoms with E-state index in [1.807, 2.05) is 0 Å². The van der Waals surface area contributed by atoms with E-state index in [4.69, 9.17) is 22.1 Å². The fourth-order valence-electron chi connectivity index (χ4n) is 2.43. The van der Waals surface area contributed by atoms with Crippen LogP contribution in [0.1, 0.15) is 26.3 Å². The number of thiocarbonyl (C=S) groups is 1. The highest BCUT2D eigenvalue weighted by Gasteiger charge is 2.34. The average Bonchev–Trinajstić information content (AvgIpc) is 2.95. The molecule has 0 unspecified atom stereocenters. The standard InChI is InChI=1S/C19H14N2O5S2/c1-26-14-5-3-2-4-13(14)16(22)20-21-17(23)15(28-19(21)27)10-11-6-8-12(9-7-11)18(24)25/h2-10H,1H3,(H,20,22)(H,24,25)/b15-10+. The molecule has 3 rings (SSSR count). The van der Waals surface area contributed by atoms with Crippen LogP contribution in [-0.2, 0) is 4.79 Å². The number of carboxylic acids is 1. The highest BCUT2D eigenvalue weighted by Crippen LogP contribution is 2.31. The molecule has 2 aromatic carbocycles. The molecular weight excluding hydrogens is 400 g/mol. The van der Waals surface area contributed by atoms with Gasteiger partial charge in [-0.2, -0.15) is 5.01 Å². The number of carbonyl (C=O) groups is 3. The van der Waals surface area contributed by atoms with Gasteiger partial charge in [0.1, 0.15) is 5.75 Å². The Morgan fingerprint density at radius 1 is 1.18 bits per heavy atom. The van der Waals surface area contributed by atoms with E-state index in [0.29, 0.717) is 16.2 Å². The molecule has 2 amide bonds. The summed E-state index contributed by atoms with van der Waals surface area (Å²) in [6, 6.07) is 12.7. The summed E-state index contributed by atoms with van der Waals surface area (Å²) in [5.74, 6) is -1.65. The quantitative estimate of drug-likeness (QED) is 0.574. The van der Waals surface area contributed by atoms with Gasteiger partial charge < -0.3 is 9.84 Å². The maximum absolute atomic E-state index is 12.6. The van der Waals surface area contributed by atoms with E-state index in [1.54, 1.807) is 42.5 Å². The number of nitrogens with one attached hydrogen (secondary N) is 1. The molecule has 0 spiro atoms. The number of methoxy groups -OCH3 is 1. The number of para-hydroxylation sites is 1. The number of ether oxygens (including phenoxy) is 1. The molecule has 142 valence electrons. The van der Waals surface area contributed by atoms with Crippen LogP contribution in [0.4, 0.5) is 0 Å². The van der Waals surface area contributed by atoms with Crippen molar-refractivity contribution in [3.8, 4) is 5.75 Å². The van der Waals surface area contributed by atoms with Crippen molar-refractivity contribution in [2.24, 2.45) is 0 Å². The third-order valence-corrected chi connectivity index (χ3v) is 5.12. The number of thioether (sulfide) groups is 1. The first kappa shape index (κ1) is 19.6. The molecule has 1 aliphatic rings. The smallest absolute Gasteiger partial charge is 0.335 e. The third kappa shape index (κ3) is 4.05. The predicted octanol–water partition coefficient (Wildman–Crippen LogP) is 2.94. The lowest BCUT2D eigenvalue weighted by Gasteiger charge is -2.16. The van der Waals surface area contributed by atoms with Crippen molar-refractivity contribution in [3.63, 3.8) is 0 Å². The number of nitrogens with zero attached hydrogens (tertiary/aromatic N) is 1. The second-order valence-corrected chi connectivity index (χ2v) is 7.26. The van der Waals surface area contributed by atoms with Crippen molar-refractivity contribution in [1.82, 2.24) is 10.4 Å². The Hall–Kier alpha value is -3.17. The van der Waals surface area contributed by atoms with Crippen molar-refractivity contribution in [2.75, 3.05) is 7.11 Å². The van der Waals surface area contributed by atoms with Gasteiger partial charge in [-0.1, -0.05) is 36.0 Å². The normalized spacial score (nSPS) is 15.0. The van der Waals surface area contributed by atoms with Crippen molar-refractivity contribution in [1.29, 1.82) is 0 Å². The summed E-state index contributed by atoms with van der Waals surface area (Å²) >= 11 is 6.24. The summed E-state index contributed by atoms with van der Waals surface area (Å²) < 4.78 is 5.34. The summed E-state index contributed by atoms with van der Waals surface area (Å²) in [5.41, 5.74) is 3.55. The predicted molar refractivity (Wildman–Crippen MR) is 109 cm³/mol. The van der Waals surface area contributed by atoms with Gasteiger partial charge in [0.25, 0.3) is 11.8 Å². The van der Waals surface area contributed by atoms with Crippen LogP contribution in [-0.4, -0.2) is 39.3 Å². The van der Waals surface area contributed by atoms with Gasteiger partial charge in [0, 0.05) is 0 Å². The Labute approximate surface area is 170 Å². The van der Waals surface area contributed by atoms with Crippen LogP contribution in [0.15, 0.2) is 53.4 Å². The minimum absolute atomic E-state index is 0.147. The molecule has 0 bridgehead atoms. The van der Waals surface area contributed by atoms with E-state index in [-0.39, 0.29) is 15.4 Å².